The lowest BCUT2D eigenvalue weighted by molar-refractivity contribution is -0.254. The van der Waals surface area contributed by atoms with E-state index in [0.29, 0.717) is 0 Å². The normalized spacial score (nSPS) is 32.9. The highest BCUT2D eigenvalue weighted by atomic mass is 16.4. The molecule has 2 amide bonds. The zero-order valence-corrected chi connectivity index (χ0v) is 11.1. The van der Waals surface area contributed by atoms with Gasteiger partial charge in [-0.05, 0) is 24.3 Å². The Labute approximate surface area is 120 Å². The van der Waals surface area contributed by atoms with Crippen LogP contribution >= 0.6 is 0 Å². The van der Waals surface area contributed by atoms with Crippen molar-refractivity contribution in [3.63, 3.8) is 0 Å². The first kappa shape index (κ1) is 12.3. The number of nitrogens with zero attached hydrogens (tertiary/aromatic N) is 1. The van der Waals surface area contributed by atoms with Gasteiger partial charge in [-0.2, -0.15) is 0 Å². The van der Waals surface area contributed by atoms with Crippen LogP contribution in [0.2, 0.25) is 0 Å². The zero-order chi connectivity index (χ0) is 14.7. The minimum absolute atomic E-state index is 0.108. The summed E-state index contributed by atoms with van der Waals surface area (Å²) in [6.07, 6.45) is 4.86. The van der Waals surface area contributed by atoms with Gasteiger partial charge < -0.3 is 9.90 Å². The van der Waals surface area contributed by atoms with Crippen LogP contribution in [-0.2, 0) is 9.59 Å². The third kappa shape index (κ3) is 1.48. The molecule has 1 saturated carbocycles. The maximum Gasteiger partial charge on any atom is 0.238 e. The van der Waals surface area contributed by atoms with Crippen molar-refractivity contribution in [2.75, 3.05) is 4.90 Å². The van der Waals surface area contributed by atoms with Crippen LogP contribution in [-0.4, -0.2) is 17.8 Å². The van der Waals surface area contributed by atoms with Crippen LogP contribution in [0.5, 0.6) is 0 Å². The third-order valence-electron chi connectivity index (χ3n) is 4.84. The lowest BCUT2D eigenvalue weighted by Gasteiger charge is -2.20. The molecular weight excluding hydrogens is 270 g/mol. The van der Waals surface area contributed by atoms with E-state index in [1.807, 2.05) is 12.2 Å². The summed E-state index contributed by atoms with van der Waals surface area (Å²) >= 11 is 0. The van der Waals surface area contributed by atoms with Gasteiger partial charge in [0.15, 0.2) is 0 Å². The van der Waals surface area contributed by atoms with Gasteiger partial charge >= 0.3 is 0 Å². The van der Waals surface area contributed by atoms with Gasteiger partial charge in [-0.15, -0.1) is 0 Å². The van der Waals surface area contributed by atoms with Crippen LogP contribution in [0.4, 0.5) is 5.69 Å². The van der Waals surface area contributed by atoms with E-state index >= 15 is 0 Å². The number of hydrogen-bond acceptors (Lipinski definition) is 4. The van der Waals surface area contributed by atoms with E-state index in [-0.39, 0.29) is 46.7 Å². The molecule has 2 aliphatic carbocycles. The van der Waals surface area contributed by atoms with Crippen LogP contribution in [0.25, 0.3) is 0 Å². The molecule has 21 heavy (non-hydrogen) atoms. The first-order chi connectivity index (χ1) is 10.1. The molecule has 0 radical (unpaired) electrons. The van der Waals surface area contributed by atoms with Crippen LogP contribution in [0.15, 0.2) is 36.4 Å². The Morgan fingerprint density at radius 1 is 1.05 bits per heavy atom. The second-order valence-electron chi connectivity index (χ2n) is 5.82. The molecule has 5 heteroatoms. The number of allylic oxidation sites excluding steroid dienone is 2. The van der Waals surface area contributed by atoms with Crippen molar-refractivity contribution >= 4 is 23.5 Å². The molecule has 3 aliphatic rings. The molecule has 0 spiro atoms. The number of carbonyl (C=O) groups excluding carboxylic acids is 3. The number of carboxylic acids is 1. The lowest BCUT2D eigenvalue weighted by Crippen LogP contribution is -2.35. The molecule has 5 nitrogen and oxygen atoms in total. The van der Waals surface area contributed by atoms with Crippen LogP contribution < -0.4 is 10.0 Å². The summed E-state index contributed by atoms with van der Waals surface area (Å²) in [5.74, 6) is -2.40. The fraction of sp³-hybridized carbons (Fsp3) is 0.312. The number of para-hydroxylation sites is 1. The monoisotopic (exact) mass is 282 g/mol. The number of amides is 2. The fourth-order valence-electron chi connectivity index (χ4n) is 3.98. The van der Waals surface area contributed by atoms with E-state index in [2.05, 4.69) is 0 Å². The number of hydrogen-bond donors (Lipinski definition) is 0. The van der Waals surface area contributed by atoms with Crippen molar-refractivity contribution in [3.05, 3.63) is 42.0 Å². The number of benzene rings is 1. The van der Waals surface area contributed by atoms with Crippen molar-refractivity contribution in [2.24, 2.45) is 23.7 Å². The van der Waals surface area contributed by atoms with E-state index in [4.69, 9.17) is 0 Å². The molecule has 2 fully saturated rings. The molecule has 0 unspecified atom stereocenters. The van der Waals surface area contributed by atoms with Crippen molar-refractivity contribution in [2.45, 2.75) is 6.42 Å². The van der Waals surface area contributed by atoms with Gasteiger partial charge in [0.2, 0.25) is 11.8 Å². The minimum atomic E-state index is -1.38. The van der Waals surface area contributed by atoms with Crippen LogP contribution in [0.1, 0.15) is 16.8 Å². The first-order valence-electron chi connectivity index (χ1n) is 6.96. The number of fused-ring (bicyclic) bond motifs is 5. The van der Waals surface area contributed by atoms with E-state index in [9.17, 15) is 19.5 Å². The maximum atomic E-state index is 12.6. The number of rotatable bonds is 2. The molecule has 4 rings (SSSR count). The molecule has 1 aromatic carbocycles. The average Bonchev–Trinajstić information content (AvgIpc) is 3.13. The average molecular weight is 282 g/mol. The summed E-state index contributed by atoms with van der Waals surface area (Å²) in [6, 6.07) is 6.00. The molecule has 106 valence electrons. The summed E-state index contributed by atoms with van der Waals surface area (Å²) in [5, 5.41) is 11.2. The molecule has 4 atom stereocenters. The quantitative estimate of drug-likeness (QED) is 0.579. The second-order valence-corrected chi connectivity index (χ2v) is 5.82. The van der Waals surface area contributed by atoms with Crippen molar-refractivity contribution in [1.82, 2.24) is 0 Å². The summed E-state index contributed by atoms with van der Waals surface area (Å²) in [5.41, 5.74) is 0.000722. The van der Waals surface area contributed by atoms with Gasteiger partial charge in [0.1, 0.15) is 0 Å². The van der Waals surface area contributed by atoms with Gasteiger partial charge in [0.05, 0.1) is 23.5 Å². The van der Waals surface area contributed by atoms with E-state index in [0.717, 1.165) is 11.3 Å². The van der Waals surface area contributed by atoms with Gasteiger partial charge in [0.25, 0.3) is 0 Å². The number of aromatic carboxylic acids is 1. The first-order valence-corrected chi connectivity index (χ1v) is 6.96. The van der Waals surface area contributed by atoms with Crippen LogP contribution in [0, 0.1) is 23.7 Å². The summed E-state index contributed by atoms with van der Waals surface area (Å²) in [4.78, 5) is 37.5. The molecule has 1 aromatic rings. The SMILES string of the molecule is O=C([O-])c1ccccc1N1C(=O)[C@@H]2[C@H](C1=O)[C@@H]1C=C[C@H]2C1. The molecule has 1 heterocycles. The Kier molecular flexibility index (Phi) is 2.37. The molecular formula is C16H12NO4-. The van der Waals surface area contributed by atoms with Gasteiger partial charge in [-0.25, -0.2) is 4.90 Å². The van der Waals surface area contributed by atoms with E-state index < -0.39 is 5.97 Å². The summed E-state index contributed by atoms with van der Waals surface area (Å²) in [6.45, 7) is 0. The molecule has 1 aliphatic heterocycles. The largest absolute Gasteiger partial charge is 0.545 e. The predicted octanol–water partition coefficient (Wildman–Crippen LogP) is 0.362. The van der Waals surface area contributed by atoms with E-state index in [1.165, 1.54) is 12.1 Å². The Hall–Kier alpha value is -2.43. The number of carboxylic acid groups (broad SMARTS) is 1. The number of carbonyl (C=O) groups is 3. The molecule has 1 saturated heterocycles. The highest BCUT2D eigenvalue weighted by Gasteiger charge is 2.59. The Morgan fingerprint density at radius 2 is 1.62 bits per heavy atom. The Bertz CT molecular complexity index is 678. The van der Waals surface area contributed by atoms with E-state index in [1.54, 1.807) is 12.1 Å². The second kappa shape index (κ2) is 4.04. The highest BCUT2D eigenvalue weighted by Crippen LogP contribution is 2.53. The highest BCUT2D eigenvalue weighted by molar-refractivity contribution is 6.24. The molecule has 0 N–H and O–H groups in total. The summed E-state index contributed by atoms with van der Waals surface area (Å²) in [7, 11) is 0. The minimum Gasteiger partial charge on any atom is -0.545 e. The number of anilines is 1. The standard InChI is InChI=1S/C16H13NO4/c18-14-12-8-5-6-9(7-8)13(12)15(19)17(14)11-4-2-1-3-10(11)16(20)21/h1-6,8-9,12-13H,7H2,(H,20,21)/p-1/t8-,9+,12-,13+. The lowest BCUT2D eigenvalue weighted by atomic mass is 9.85. The zero-order valence-electron chi connectivity index (χ0n) is 11.1. The topological polar surface area (TPSA) is 77.5 Å². The third-order valence-corrected chi connectivity index (χ3v) is 4.84. The van der Waals surface area contributed by atoms with Crippen molar-refractivity contribution < 1.29 is 19.5 Å². The fourth-order valence-corrected chi connectivity index (χ4v) is 3.98. The maximum absolute atomic E-state index is 12.6. The predicted molar refractivity (Wildman–Crippen MR) is 71.0 cm³/mol. The van der Waals surface area contributed by atoms with Gasteiger partial charge in [-0.3, -0.25) is 9.59 Å². The van der Waals surface area contributed by atoms with Crippen molar-refractivity contribution in [1.29, 1.82) is 0 Å². The van der Waals surface area contributed by atoms with Gasteiger partial charge in [0, 0.05) is 5.56 Å². The smallest absolute Gasteiger partial charge is 0.238 e. The molecule has 0 aromatic heterocycles. The van der Waals surface area contributed by atoms with Gasteiger partial charge in [-0.1, -0.05) is 30.4 Å². The number of imide groups is 1. The van der Waals surface area contributed by atoms with Crippen molar-refractivity contribution in [3.8, 4) is 0 Å². The molecule has 2 bridgehead atoms. The Morgan fingerprint density at radius 3 is 2.19 bits per heavy atom. The summed E-state index contributed by atoms with van der Waals surface area (Å²) < 4.78 is 0. The Balaban J connectivity index is 1.80. The van der Waals surface area contributed by atoms with Crippen LogP contribution in [0.3, 0.4) is 0 Å².